The lowest BCUT2D eigenvalue weighted by atomic mass is 10.0. The molecule has 2 aromatic rings. The number of carbonyl (C=O) groups excluding carboxylic acids is 1. The maximum absolute atomic E-state index is 13.0. The van der Waals surface area contributed by atoms with Crippen LogP contribution >= 0.6 is 0 Å². The van der Waals surface area contributed by atoms with Crippen molar-refractivity contribution in [2.24, 2.45) is 0 Å². The molecule has 3 rings (SSSR count). The number of nitrogens with zero attached hydrogens (tertiary/aromatic N) is 3. The van der Waals surface area contributed by atoms with Crippen molar-refractivity contribution in [3.63, 3.8) is 0 Å². The summed E-state index contributed by atoms with van der Waals surface area (Å²) in [6.07, 6.45) is 6.39. The second-order valence-electron chi connectivity index (χ2n) is 6.83. The van der Waals surface area contributed by atoms with E-state index in [2.05, 4.69) is 15.3 Å². The summed E-state index contributed by atoms with van der Waals surface area (Å²) in [5.41, 5.74) is 0.526. The summed E-state index contributed by atoms with van der Waals surface area (Å²) in [4.78, 5) is 20.4. The maximum Gasteiger partial charge on any atom is 0.274 e. The average molecular weight is 437 g/mol. The van der Waals surface area contributed by atoms with Crippen molar-refractivity contribution < 1.29 is 17.4 Å². The molecule has 2 atom stereocenters. The van der Waals surface area contributed by atoms with Crippen LogP contribution in [0.3, 0.4) is 0 Å². The zero-order valence-corrected chi connectivity index (χ0v) is 18.0. The van der Waals surface area contributed by atoms with Gasteiger partial charge in [-0.25, -0.2) is 18.4 Å². The third-order valence-corrected chi connectivity index (χ3v) is 7.56. The third kappa shape index (κ3) is 4.88. The van der Waals surface area contributed by atoms with E-state index in [4.69, 9.17) is 0 Å². The Bertz CT molecular complexity index is 1010. The number of rotatable bonds is 6. The van der Waals surface area contributed by atoms with Gasteiger partial charge < -0.3 is 5.32 Å². The van der Waals surface area contributed by atoms with Crippen molar-refractivity contribution in [1.82, 2.24) is 14.3 Å². The van der Waals surface area contributed by atoms with Gasteiger partial charge in [0.2, 0.25) is 15.2 Å². The van der Waals surface area contributed by atoms with E-state index < -0.39 is 26.7 Å². The highest BCUT2D eigenvalue weighted by Crippen LogP contribution is 2.27. The first-order valence-corrected chi connectivity index (χ1v) is 12.4. The molecule has 0 radical (unpaired) electrons. The molecule has 1 aliphatic heterocycles. The lowest BCUT2D eigenvalue weighted by Gasteiger charge is -2.34. The Balaban J connectivity index is 1.75. The van der Waals surface area contributed by atoms with Crippen molar-refractivity contribution in [2.45, 2.75) is 48.7 Å². The van der Waals surface area contributed by atoms with Crippen LogP contribution in [-0.4, -0.2) is 51.6 Å². The SMILES string of the molecule is CCC1CCCCN1S(=O)(=O)c1ccc(NC(=O)c2ccnc(S(C)=O)n2)cc1. The number of hydrogen-bond acceptors (Lipinski definition) is 6. The van der Waals surface area contributed by atoms with Crippen LogP contribution in [0, 0.1) is 0 Å². The van der Waals surface area contributed by atoms with Gasteiger partial charge in [0.25, 0.3) is 5.91 Å². The van der Waals surface area contributed by atoms with Crippen LogP contribution in [0.2, 0.25) is 0 Å². The minimum Gasteiger partial charge on any atom is -0.321 e. The minimum atomic E-state index is -3.57. The summed E-state index contributed by atoms with van der Waals surface area (Å²) in [5.74, 6) is -0.489. The van der Waals surface area contributed by atoms with Gasteiger partial charge in [-0.1, -0.05) is 13.3 Å². The normalized spacial score (nSPS) is 18.9. The highest BCUT2D eigenvalue weighted by atomic mass is 32.2. The Hall–Kier alpha value is -2.17. The molecule has 1 aromatic heterocycles. The summed E-state index contributed by atoms with van der Waals surface area (Å²) in [5, 5.41) is 2.74. The molecular formula is C19H24N4O4S2. The van der Waals surface area contributed by atoms with Crippen molar-refractivity contribution in [1.29, 1.82) is 0 Å². The number of piperidine rings is 1. The van der Waals surface area contributed by atoms with E-state index in [9.17, 15) is 17.4 Å². The third-order valence-electron chi connectivity index (χ3n) is 4.89. The summed E-state index contributed by atoms with van der Waals surface area (Å²) in [6, 6.07) is 7.55. The molecule has 2 unspecified atom stereocenters. The van der Waals surface area contributed by atoms with E-state index in [0.717, 1.165) is 25.7 Å². The van der Waals surface area contributed by atoms with Crippen LogP contribution in [-0.2, 0) is 20.8 Å². The molecule has 1 fully saturated rings. The van der Waals surface area contributed by atoms with E-state index in [1.54, 1.807) is 16.4 Å². The van der Waals surface area contributed by atoms with E-state index in [0.29, 0.717) is 12.2 Å². The number of aromatic nitrogens is 2. The fourth-order valence-electron chi connectivity index (χ4n) is 3.34. The number of carbonyl (C=O) groups is 1. The maximum atomic E-state index is 13.0. The molecule has 1 amide bonds. The summed E-state index contributed by atoms with van der Waals surface area (Å²) in [6.45, 7) is 2.54. The average Bonchev–Trinajstić information content (AvgIpc) is 2.74. The number of sulfonamides is 1. The quantitative estimate of drug-likeness (QED) is 0.697. The molecule has 1 aromatic carbocycles. The topological polar surface area (TPSA) is 109 Å². The Labute approximate surface area is 173 Å². The Kier molecular flexibility index (Phi) is 6.76. The van der Waals surface area contributed by atoms with Crippen LogP contribution in [0.1, 0.15) is 43.1 Å². The molecule has 8 nitrogen and oxygen atoms in total. The fourth-order valence-corrected chi connectivity index (χ4v) is 5.55. The van der Waals surface area contributed by atoms with Gasteiger partial charge in [0.15, 0.2) is 0 Å². The van der Waals surface area contributed by atoms with E-state index in [1.807, 2.05) is 6.92 Å². The fraction of sp³-hybridized carbons (Fsp3) is 0.421. The molecule has 1 saturated heterocycles. The van der Waals surface area contributed by atoms with E-state index in [1.165, 1.54) is 30.7 Å². The molecule has 0 spiro atoms. The van der Waals surface area contributed by atoms with Gasteiger partial charge >= 0.3 is 0 Å². The molecule has 10 heteroatoms. The molecule has 1 N–H and O–H groups in total. The van der Waals surface area contributed by atoms with Gasteiger partial charge in [-0.15, -0.1) is 0 Å². The first-order valence-electron chi connectivity index (χ1n) is 9.42. The number of hydrogen-bond donors (Lipinski definition) is 1. The van der Waals surface area contributed by atoms with Crippen LogP contribution in [0.15, 0.2) is 46.6 Å². The van der Waals surface area contributed by atoms with Crippen LogP contribution in [0.25, 0.3) is 0 Å². The predicted molar refractivity (Wildman–Crippen MR) is 111 cm³/mol. The van der Waals surface area contributed by atoms with Gasteiger partial charge in [-0.2, -0.15) is 4.31 Å². The van der Waals surface area contributed by atoms with Gasteiger partial charge in [-0.05, 0) is 49.6 Å². The standard InChI is InChI=1S/C19H24N4O4S2/c1-3-15-6-4-5-13-23(15)29(26,27)16-9-7-14(8-10-16)21-18(24)17-11-12-20-19(22-17)28(2)25/h7-12,15H,3-6,13H2,1-2H3,(H,21,24). The zero-order valence-electron chi connectivity index (χ0n) is 16.4. The number of anilines is 1. The first-order chi connectivity index (χ1) is 13.8. The molecule has 29 heavy (non-hydrogen) atoms. The van der Waals surface area contributed by atoms with E-state index in [-0.39, 0.29) is 21.8 Å². The van der Waals surface area contributed by atoms with Crippen LogP contribution in [0.4, 0.5) is 5.69 Å². The first kappa shape index (κ1) is 21.5. The number of benzene rings is 1. The minimum absolute atomic E-state index is 0.0317. The largest absolute Gasteiger partial charge is 0.321 e. The zero-order chi connectivity index (χ0) is 21.0. The Morgan fingerprint density at radius 2 is 1.97 bits per heavy atom. The second kappa shape index (κ2) is 9.10. The second-order valence-corrected chi connectivity index (χ2v) is 9.99. The van der Waals surface area contributed by atoms with Gasteiger partial charge in [0.05, 0.1) is 15.7 Å². The smallest absolute Gasteiger partial charge is 0.274 e. The van der Waals surface area contributed by atoms with Gasteiger partial charge in [-0.3, -0.25) is 9.00 Å². The van der Waals surface area contributed by atoms with Gasteiger partial charge in [0.1, 0.15) is 5.69 Å². The number of amides is 1. The summed E-state index contributed by atoms with van der Waals surface area (Å²) >= 11 is 0. The summed E-state index contributed by atoms with van der Waals surface area (Å²) in [7, 11) is -4.97. The van der Waals surface area contributed by atoms with Crippen molar-refractivity contribution >= 4 is 32.4 Å². The lowest BCUT2D eigenvalue weighted by Crippen LogP contribution is -2.43. The van der Waals surface area contributed by atoms with E-state index >= 15 is 0 Å². The van der Waals surface area contributed by atoms with Crippen LogP contribution < -0.4 is 5.32 Å². The molecule has 1 aliphatic rings. The monoisotopic (exact) mass is 436 g/mol. The molecule has 2 heterocycles. The molecular weight excluding hydrogens is 412 g/mol. The lowest BCUT2D eigenvalue weighted by molar-refractivity contribution is 0.102. The highest BCUT2D eigenvalue weighted by Gasteiger charge is 2.32. The molecule has 0 bridgehead atoms. The molecule has 0 aliphatic carbocycles. The predicted octanol–water partition coefficient (Wildman–Crippen LogP) is 2.42. The van der Waals surface area contributed by atoms with Gasteiger partial charge in [0, 0.05) is 30.7 Å². The molecule has 156 valence electrons. The Morgan fingerprint density at radius 1 is 1.24 bits per heavy atom. The van der Waals surface area contributed by atoms with Crippen molar-refractivity contribution in [3.05, 3.63) is 42.2 Å². The highest BCUT2D eigenvalue weighted by molar-refractivity contribution is 7.89. The Morgan fingerprint density at radius 3 is 2.62 bits per heavy atom. The van der Waals surface area contributed by atoms with Crippen molar-refractivity contribution in [2.75, 3.05) is 18.1 Å². The number of nitrogens with one attached hydrogen (secondary N) is 1. The molecule has 0 saturated carbocycles. The van der Waals surface area contributed by atoms with Crippen LogP contribution in [0.5, 0.6) is 0 Å². The summed E-state index contributed by atoms with van der Waals surface area (Å²) < 4.78 is 39.1. The van der Waals surface area contributed by atoms with Crippen molar-refractivity contribution in [3.8, 4) is 0 Å².